The van der Waals surface area contributed by atoms with Crippen molar-refractivity contribution in [3.05, 3.63) is 35.9 Å². The third kappa shape index (κ3) is 5.41. The first-order chi connectivity index (χ1) is 5.43. The molecule has 0 saturated carbocycles. The molecule has 0 spiro atoms. The number of benzene rings is 1. The van der Waals surface area contributed by atoms with Crippen LogP contribution in [0.4, 0.5) is 0 Å². The van der Waals surface area contributed by atoms with Crippen molar-refractivity contribution in [3.8, 4) is 0 Å². The summed E-state index contributed by atoms with van der Waals surface area (Å²) in [5.41, 5.74) is 6.68. The van der Waals surface area contributed by atoms with Gasteiger partial charge in [-0.1, -0.05) is 30.3 Å². The summed E-state index contributed by atoms with van der Waals surface area (Å²) in [6, 6.07) is 10.3. The predicted molar refractivity (Wildman–Crippen MR) is 45.1 cm³/mol. The van der Waals surface area contributed by atoms with Crippen LogP contribution in [0, 0.1) is 0 Å². The second kappa shape index (κ2) is 8.23. The zero-order chi connectivity index (χ0) is 8.53. The molecule has 0 saturated heterocycles. The normalized spacial score (nSPS) is 8.36. The monoisotopic (exact) mass is 262 g/mol. The van der Waals surface area contributed by atoms with E-state index in [1.165, 1.54) is 5.56 Å². The molecule has 0 aromatic heterocycles. The zero-order valence-electron chi connectivity index (χ0n) is 6.07. The van der Waals surface area contributed by atoms with Crippen LogP contribution < -0.4 is 5.73 Å². The van der Waals surface area contributed by atoms with Gasteiger partial charge in [-0.15, -0.1) is 0 Å². The van der Waals surface area contributed by atoms with Crippen LogP contribution in [0.3, 0.4) is 0 Å². The van der Waals surface area contributed by atoms with Crippen molar-refractivity contribution in [2.75, 3.05) is 6.54 Å². The Hall–Kier alpha value is 0.132. The Bertz CT molecular complexity index is 167. The van der Waals surface area contributed by atoms with Crippen LogP contribution in [-0.2, 0) is 24.6 Å². The Morgan fingerprint density at radius 3 is 2.18 bits per heavy atom. The van der Waals surface area contributed by atoms with Crippen molar-refractivity contribution in [2.45, 2.75) is 6.42 Å². The molecule has 1 aromatic carbocycles. The Labute approximate surface area is 82.3 Å². The zero-order valence-corrected chi connectivity index (χ0v) is 8.38. The molecule has 0 atom stereocenters. The van der Waals surface area contributed by atoms with Gasteiger partial charge in [0.05, 0.1) is 0 Å². The first kappa shape index (κ1) is 11.1. The Morgan fingerprint density at radius 1 is 1.18 bits per heavy atom. The summed E-state index contributed by atoms with van der Waals surface area (Å²) < 4.78 is 0. The molecule has 0 unspecified atom stereocenters. The number of rotatable bonds is 2. The number of hydrogen-bond donors (Lipinski definition) is 1. The van der Waals surface area contributed by atoms with Gasteiger partial charge < -0.3 is 5.73 Å². The summed E-state index contributed by atoms with van der Waals surface area (Å²) in [7, 11) is 4.49. The van der Waals surface area contributed by atoms with E-state index in [1.807, 2.05) is 18.2 Å². The van der Waals surface area contributed by atoms with Gasteiger partial charge in [-0.25, -0.2) is 0 Å². The molecule has 1 nitrogen and oxygen atoms in total. The van der Waals surface area contributed by atoms with Crippen molar-refractivity contribution >= 4 is 9.53 Å². The van der Waals surface area contributed by atoms with Crippen LogP contribution in [0.1, 0.15) is 5.56 Å². The number of halogens is 1. The maximum atomic E-state index is 5.36. The third-order valence-electron chi connectivity index (χ3n) is 1.28. The molecule has 1 aromatic rings. The van der Waals surface area contributed by atoms with Crippen LogP contribution in [0.2, 0.25) is 0 Å². The molecular weight excluding hydrogens is 252 g/mol. The Balaban J connectivity index is 0.000000461. The third-order valence-corrected chi connectivity index (χ3v) is 1.28. The fourth-order valence-electron chi connectivity index (χ4n) is 0.811. The molecule has 2 N–H and O–H groups in total. The molecule has 0 heterocycles. The van der Waals surface area contributed by atoms with Gasteiger partial charge in [-0.2, -0.15) is 0 Å². The van der Waals surface area contributed by atoms with E-state index in [1.54, 1.807) is 0 Å². The molecule has 65 valence electrons. The van der Waals surface area contributed by atoms with Crippen LogP contribution in [-0.4, -0.2) is 6.54 Å². The van der Waals surface area contributed by atoms with Crippen LogP contribution in [0.5, 0.6) is 0 Å². The average molecular weight is 263 g/mol. The van der Waals surface area contributed by atoms with E-state index in [2.05, 4.69) is 39.8 Å². The molecule has 0 aliphatic carbocycles. The fraction of sp³-hybridized carbons (Fsp3) is 0.250. The second-order valence-electron chi connectivity index (χ2n) is 2.02. The van der Waals surface area contributed by atoms with Gasteiger partial charge >= 0.3 is 27.7 Å². The first-order valence-corrected chi connectivity index (χ1v) is 5.29. The van der Waals surface area contributed by atoms with E-state index in [4.69, 9.17) is 5.73 Å². The summed E-state index contributed by atoms with van der Waals surface area (Å²) in [4.78, 5) is 0. The van der Waals surface area contributed by atoms with Gasteiger partial charge in [0.15, 0.2) is 0 Å². The van der Waals surface area contributed by atoms with Gasteiger partial charge in [0, 0.05) is 0 Å². The van der Waals surface area contributed by atoms with E-state index < -0.39 is 0 Å². The predicted octanol–water partition coefficient (Wildman–Crippen LogP) is 1.87. The van der Waals surface area contributed by atoms with E-state index in [-0.39, 0.29) is 0 Å². The quantitative estimate of drug-likeness (QED) is 0.810. The van der Waals surface area contributed by atoms with E-state index in [0.717, 1.165) is 13.0 Å². The molecule has 0 aliphatic rings. The summed E-state index contributed by atoms with van der Waals surface area (Å²) >= 11 is 2.22. The van der Waals surface area contributed by atoms with E-state index in [0.29, 0.717) is 0 Å². The van der Waals surface area contributed by atoms with Gasteiger partial charge in [0.25, 0.3) is 0 Å². The molecule has 0 bridgehead atoms. The average Bonchev–Trinajstić information content (AvgIpc) is 2.11. The molecule has 0 aliphatic heterocycles. The van der Waals surface area contributed by atoms with Gasteiger partial charge in [0.2, 0.25) is 0 Å². The second-order valence-corrected chi connectivity index (χ2v) is 2.02. The SMILES string of the molecule is NCCc1ccccc1.[Cl][Pd]. The first-order valence-electron chi connectivity index (χ1n) is 3.29. The number of hydrogen-bond acceptors (Lipinski definition) is 1. The summed E-state index contributed by atoms with van der Waals surface area (Å²) in [6.45, 7) is 0.740. The van der Waals surface area contributed by atoms with Gasteiger partial charge in [-0.05, 0) is 18.5 Å². The molecule has 1 rings (SSSR count). The Morgan fingerprint density at radius 2 is 1.73 bits per heavy atom. The van der Waals surface area contributed by atoms with Crippen LogP contribution in [0.25, 0.3) is 0 Å². The van der Waals surface area contributed by atoms with Gasteiger partial charge in [-0.3, -0.25) is 0 Å². The van der Waals surface area contributed by atoms with E-state index >= 15 is 0 Å². The molecule has 11 heavy (non-hydrogen) atoms. The van der Waals surface area contributed by atoms with E-state index in [9.17, 15) is 0 Å². The molecule has 0 radical (unpaired) electrons. The van der Waals surface area contributed by atoms with Crippen molar-refractivity contribution < 1.29 is 18.2 Å². The molecule has 3 heteroatoms. The summed E-state index contributed by atoms with van der Waals surface area (Å²) in [6.07, 6.45) is 0.987. The molecular formula is C8H11ClNPd. The minimum atomic E-state index is 0.740. The summed E-state index contributed by atoms with van der Waals surface area (Å²) in [5, 5.41) is 0. The van der Waals surface area contributed by atoms with Gasteiger partial charge in [0.1, 0.15) is 0 Å². The molecule has 0 fully saturated rings. The standard InChI is InChI=1S/C8H11N.ClH.Pd/c9-7-6-8-4-2-1-3-5-8;;/h1-5H,6-7,9H2;1H;/q;;+1/p-1. The fourth-order valence-corrected chi connectivity index (χ4v) is 0.811. The molecule has 0 amide bonds. The van der Waals surface area contributed by atoms with Crippen molar-refractivity contribution in [1.82, 2.24) is 0 Å². The topological polar surface area (TPSA) is 26.0 Å². The van der Waals surface area contributed by atoms with Crippen molar-refractivity contribution in [3.63, 3.8) is 0 Å². The van der Waals surface area contributed by atoms with Crippen LogP contribution in [0.15, 0.2) is 30.3 Å². The van der Waals surface area contributed by atoms with Crippen molar-refractivity contribution in [2.24, 2.45) is 5.73 Å². The van der Waals surface area contributed by atoms with Crippen molar-refractivity contribution in [1.29, 1.82) is 0 Å². The maximum absolute atomic E-state index is 5.36. The minimum absolute atomic E-state index is 0.740. The Kier molecular flexibility index (Phi) is 8.33. The van der Waals surface area contributed by atoms with Crippen LogP contribution >= 0.6 is 9.53 Å². The summed E-state index contributed by atoms with van der Waals surface area (Å²) in [5.74, 6) is 0. The number of nitrogens with two attached hydrogens (primary N) is 1.